The molecule has 0 unspecified atom stereocenters. The van der Waals surface area contributed by atoms with Gasteiger partial charge < -0.3 is 16.2 Å². The zero-order chi connectivity index (χ0) is 11.1. The van der Waals surface area contributed by atoms with Crippen molar-refractivity contribution in [2.24, 2.45) is 5.73 Å². The number of nitrogens with two attached hydrogens (primary N) is 1. The number of amides is 1. The van der Waals surface area contributed by atoms with E-state index in [4.69, 9.17) is 5.73 Å². The molecule has 0 aliphatic heterocycles. The second-order valence-electron chi connectivity index (χ2n) is 3.42. The molecule has 4 nitrogen and oxygen atoms in total. The van der Waals surface area contributed by atoms with Crippen molar-refractivity contribution in [3.63, 3.8) is 0 Å². The number of hydrogen-bond acceptors (Lipinski definition) is 3. The summed E-state index contributed by atoms with van der Waals surface area (Å²) in [6, 6.07) is 7.18. The highest BCUT2D eigenvalue weighted by atomic mass is 16.3. The Labute approximate surface area is 89.1 Å². The summed E-state index contributed by atoms with van der Waals surface area (Å²) in [5, 5.41) is 12.1. The largest absolute Gasteiger partial charge is 0.508 e. The number of hydrogen-bond donors (Lipinski definition) is 3. The minimum atomic E-state index is -0.340. The van der Waals surface area contributed by atoms with Gasteiger partial charge in [0.2, 0.25) is 5.91 Å². The van der Waals surface area contributed by atoms with Crippen molar-refractivity contribution in [1.82, 2.24) is 5.32 Å². The molecule has 1 aromatic rings. The van der Waals surface area contributed by atoms with Crippen molar-refractivity contribution >= 4 is 5.91 Å². The first kappa shape index (κ1) is 11.5. The fourth-order valence-corrected chi connectivity index (χ4v) is 1.34. The number of carbonyl (C=O) groups is 1. The van der Waals surface area contributed by atoms with E-state index in [0.717, 1.165) is 24.9 Å². The first-order chi connectivity index (χ1) is 7.18. The van der Waals surface area contributed by atoms with Gasteiger partial charge in [0, 0.05) is 0 Å². The van der Waals surface area contributed by atoms with Crippen LogP contribution in [0.4, 0.5) is 0 Å². The van der Waals surface area contributed by atoms with Crippen molar-refractivity contribution in [3.05, 3.63) is 29.8 Å². The van der Waals surface area contributed by atoms with Crippen LogP contribution in [0, 0.1) is 0 Å². The molecule has 0 aromatic heterocycles. The lowest BCUT2D eigenvalue weighted by molar-refractivity contribution is -0.117. The highest BCUT2D eigenvalue weighted by molar-refractivity contribution is 5.75. The Bertz CT molecular complexity index is 326. The normalized spacial score (nSPS) is 10.1. The molecule has 4 N–H and O–H groups in total. The highest BCUT2D eigenvalue weighted by Crippen LogP contribution is 2.11. The van der Waals surface area contributed by atoms with E-state index < -0.39 is 0 Å². The van der Waals surface area contributed by atoms with Gasteiger partial charge in [-0.1, -0.05) is 12.1 Å². The smallest absolute Gasteiger partial charge is 0.231 e. The SMILES string of the molecule is NC(=O)CNCCCc1cccc(O)c1. The third-order valence-electron chi connectivity index (χ3n) is 2.03. The number of aromatic hydroxyl groups is 1. The third-order valence-corrected chi connectivity index (χ3v) is 2.03. The van der Waals surface area contributed by atoms with Crippen molar-refractivity contribution in [1.29, 1.82) is 0 Å². The second kappa shape index (κ2) is 6.03. The Morgan fingerprint density at radius 1 is 1.47 bits per heavy atom. The monoisotopic (exact) mass is 208 g/mol. The third kappa shape index (κ3) is 5.02. The van der Waals surface area contributed by atoms with Gasteiger partial charge in [0.1, 0.15) is 5.75 Å². The number of phenolic OH excluding ortho intramolecular Hbond substituents is 1. The number of aryl methyl sites for hydroxylation is 1. The molecule has 0 fully saturated rings. The maximum atomic E-state index is 10.4. The average Bonchev–Trinajstić information content (AvgIpc) is 2.17. The number of rotatable bonds is 6. The molecular weight excluding hydrogens is 192 g/mol. The van der Waals surface area contributed by atoms with Crippen LogP contribution in [0.15, 0.2) is 24.3 Å². The van der Waals surface area contributed by atoms with Crippen LogP contribution >= 0.6 is 0 Å². The Morgan fingerprint density at radius 2 is 2.27 bits per heavy atom. The minimum absolute atomic E-state index is 0.222. The van der Waals surface area contributed by atoms with Gasteiger partial charge in [-0.3, -0.25) is 4.79 Å². The van der Waals surface area contributed by atoms with Crippen molar-refractivity contribution < 1.29 is 9.90 Å². The number of carbonyl (C=O) groups excluding carboxylic acids is 1. The van der Waals surface area contributed by atoms with Gasteiger partial charge in [0.15, 0.2) is 0 Å². The lowest BCUT2D eigenvalue weighted by atomic mass is 10.1. The van der Waals surface area contributed by atoms with Crippen LogP contribution in [0.25, 0.3) is 0 Å². The highest BCUT2D eigenvalue weighted by Gasteiger charge is 1.96. The zero-order valence-electron chi connectivity index (χ0n) is 8.57. The Balaban J connectivity index is 2.17. The van der Waals surface area contributed by atoms with Crippen LogP contribution in [-0.4, -0.2) is 24.1 Å². The van der Waals surface area contributed by atoms with Crippen LogP contribution in [0.5, 0.6) is 5.75 Å². The Morgan fingerprint density at radius 3 is 2.93 bits per heavy atom. The van der Waals surface area contributed by atoms with E-state index in [0.29, 0.717) is 0 Å². The van der Waals surface area contributed by atoms with Crippen molar-refractivity contribution in [3.8, 4) is 5.75 Å². The first-order valence-corrected chi connectivity index (χ1v) is 4.95. The molecule has 0 spiro atoms. The summed E-state index contributed by atoms with van der Waals surface area (Å²) < 4.78 is 0. The van der Waals surface area contributed by atoms with E-state index in [2.05, 4.69) is 5.32 Å². The second-order valence-corrected chi connectivity index (χ2v) is 3.42. The molecule has 1 amide bonds. The summed E-state index contributed by atoms with van der Waals surface area (Å²) in [5.41, 5.74) is 6.06. The van der Waals surface area contributed by atoms with E-state index in [1.54, 1.807) is 12.1 Å². The Hall–Kier alpha value is -1.55. The Kier molecular flexibility index (Phi) is 4.63. The summed E-state index contributed by atoms with van der Waals surface area (Å²) >= 11 is 0. The van der Waals surface area contributed by atoms with Crippen LogP contribution in [0.2, 0.25) is 0 Å². The molecule has 0 bridgehead atoms. The van der Waals surface area contributed by atoms with Crippen molar-refractivity contribution in [2.75, 3.05) is 13.1 Å². The molecule has 82 valence electrons. The number of primary amides is 1. The molecule has 0 radical (unpaired) electrons. The molecular formula is C11H16N2O2. The van der Waals surface area contributed by atoms with Gasteiger partial charge in [-0.2, -0.15) is 0 Å². The molecule has 0 saturated carbocycles. The van der Waals surface area contributed by atoms with Gasteiger partial charge in [0.25, 0.3) is 0 Å². The van der Waals surface area contributed by atoms with Crippen LogP contribution < -0.4 is 11.1 Å². The van der Waals surface area contributed by atoms with Gasteiger partial charge in [-0.05, 0) is 37.1 Å². The molecule has 0 saturated heterocycles. The quantitative estimate of drug-likeness (QED) is 0.592. The fourth-order valence-electron chi connectivity index (χ4n) is 1.34. The molecule has 0 aliphatic carbocycles. The van der Waals surface area contributed by atoms with E-state index in [-0.39, 0.29) is 18.2 Å². The van der Waals surface area contributed by atoms with Crippen LogP contribution in [0.1, 0.15) is 12.0 Å². The summed E-state index contributed by atoms with van der Waals surface area (Å²) in [7, 11) is 0. The van der Waals surface area contributed by atoms with Gasteiger partial charge in [-0.25, -0.2) is 0 Å². The summed E-state index contributed by atoms with van der Waals surface area (Å²) in [6.45, 7) is 0.971. The molecule has 0 atom stereocenters. The summed E-state index contributed by atoms with van der Waals surface area (Å²) in [6.07, 6.45) is 1.79. The van der Waals surface area contributed by atoms with E-state index in [9.17, 15) is 9.90 Å². The summed E-state index contributed by atoms with van der Waals surface area (Å²) in [4.78, 5) is 10.4. The molecule has 1 rings (SSSR count). The predicted octanol–water partition coefficient (Wildman–Crippen LogP) is 0.400. The average molecular weight is 208 g/mol. The number of phenols is 1. The fraction of sp³-hybridized carbons (Fsp3) is 0.364. The van der Waals surface area contributed by atoms with Gasteiger partial charge in [-0.15, -0.1) is 0 Å². The standard InChI is InChI=1S/C11H16N2O2/c12-11(15)8-13-6-2-4-9-3-1-5-10(14)7-9/h1,3,5,7,13-14H,2,4,6,8H2,(H2,12,15). The lowest BCUT2D eigenvalue weighted by Crippen LogP contribution is -2.29. The van der Waals surface area contributed by atoms with E-state index >= 15 is 0 Å². The molecule has 1 aromatic carbocycles. The van der Waals surface area contributed by atoms with Crippen LogP contribution in [-0.2, 0) is 11.2 Å². The van der Waals surface area contributed by atoms with E-state index in [1.165, 1.54) is 0 Å². The number of nitrogens with one attached hydrogen (secondary N) is 1. The van der Waals surface area contributed by atoms with E-state index in [1.807, 2.05) is 12.1 Å². The predicted molar refractivity (Wildman–Crippen MR) is 58.5 cm³/mol. The maximum Gasteiger partial charge on any atom is 0.231 e. The lowest BCUT2D eigenvalue weighted by Gasteiger charge is -2.03. The molecule has 0 heterocycles. The van der Waals surface area contributed by atoms with Crippen LogP contribution in [0.3, 0.4) is 0 Å². The van der Waals surface area contributed by atoms with Gasteiger partial charge in [0.05, 0.1) is 6.54 Å². The maximum absolute atomic E-state index is 10.4. The zero-order valence-corrected chi connectivity index (χ0v) is 8.57. The number of benzene rings is 1. The topological polar surface area (TPSA) is 75.4 Å². The molecule has 4 heteroatoms. The van der Waals surface area contributed by atoms with Crippen molar-refractivity contribution in [2.45, 2.75) is 12.8 Å². The molecule has 15 heavy (non-hydrogen) atoms. The summed E-state index contributed by atoms with van der Waals surface area (Å²) in [5.74, 6) is -0.0510. The first-order valence-electron chi connectivity index (χ1n) is 4.95. The minimum Gasteiger partial charge on any atom is -0.508 e. The van der Waals surface area contributed by atoms with Gasteiger partial charge >= 0.3 is 0 Å². The molecule has 0 aliphatic rings.